The van der Waals surface area contributed by atoms with Crippen LogP contribution in [0.5, 0.6) is 0 Å². The highest BCUT2D eigenvalue weighted by atomic mass is 16.4. The van der Waals surface area contributed by atoms with Crippen LogP contribution in [0, 0.1) is 6.92 Å². The molecule has 0 amide bonds. The van der Waals surface area contributed by atoms with Gasteiger partial charge < -0.3 is 9.40 Å². The number of nitrogens with one attached hydrogen (secondary N) is 1. The molecule has 2 heterocycles. The number of oxazole rings is 1. The number of H-pyrrole nitrogens is 1. The molecule has 0 saturated carbocycles. The molecule has 0 bridgehead atoms. The fourth-order valence-electron chi connectivity index (χ4n) is 1.03. The van der Waals surface area contributed by atoms with E-state index in [9.17, 15) is 4.79 Å². The van der Waals surface area contributed by atoms with Crippen molar-refractivity contribution in [2.45, 2.75) is 6.92 Å². The number of hydrogen-bond donors (Lipinski definition) is 1. The maximum Gasteiger partial charge on any atom is 0.247 e. The Hall–Kier alpha value is -1.84. The van der Waals surface area contributed by atoms with Crippen molar-refractivity contribution in [1.29, 1.82) is 0 Å². The minimum Gasteiger partial charge on any atom is -0.441 e. The van der Waals surface area contributed by atoms with Crippen molar-refractivity contribution in [1.82, 2.24) is 9.97 Å². The topological polar surface area (TPSA) is 58.9 Å². The standard InChI is InChI=1S/C9H8N2O2/c1-6-4-11-9(13-6)7-2-3-8(12)10-5-7/h2-5H,1H3,(H,10,12). The van der Waals surface area contributed by atoms with E-state index in [0.29, 0.717) is 5.89 Å². The normalized spacial score (nSPS) is 10.2. The van der Waals surface area contributed by atoms with Gasteiger partial charge in [0, 0.05) is 12.3 Å². The second-order valence-corrected chi connectivity index (χ2v) is 2.72. The number of aromatic amines is 1. The Morgan fingerprint density at radius 2 is 2.31 bits per heavy atom. The van der Waals surface area contributed by atoms with Crippen LogP contribution in [0.2, 0.25) is 0 Å². The lowest BCUT2D eigenvalue weighted by Crippen LogP contribution is -2.01. The smallest absolute Gasteiger partial charge is 0.247 e. The Bertz CT molecular complexity index is 450. The Kier molecular flexibility index (Phi) is 1.73. The summed E-state index contributed by atoms with van der Waals surface area (Å²) in [5.74, 6) is 1.27. The van der Waals surface area contributed by atoms with Crippen molar-refractivity contribution in [2.75, 3.05) is 0 Å². The number of rotatable bonds is 1. The molecule has 0 aliphatic carbocycles. The predicted octanol–water partition coefficient (Wildman–Crippen LogP) is 1.34. The first-order chi connectivity index (χ1) is 6.25. The summed E-state index contributed by atoms with van der Waals surface area (Å²) in [6.45, 7) is 1.82. The number of hydrogen-bond acceptors (Lipinski definition) is 3. The minimum absolute atomic E-state index is 0.132. The first kappa shape index (κ1) is 7.79. The van der Waals surface area contributed by atoms with Crippen molar-refractivity contribution in [3.05, 3.63) is 40.6 Å². The van der Waals surface area contributed by atoms with E-state index in [-0.39, 0.29) is 5.56 Å². The number of nitrogens with zero attached hydrogens (tertiary/aromatic N) is 1. The average Bonchev–Trinajstić information content (AvgIpc) is 2.53. The third kappa shape index (κ3) is 1.51. The molecule has 0 saturated heterocycles. The van der Waals surface area contributed by atoms with E-state index in [1.807, 2.05) is 6.92 Å². The predicted molar refractivity (Wildman–Crippen MR) is 47.3 cm³/mol. The van der Waals surface area contributed by atoms with E-state index in [4.69, 9.17) is 4.42 Å². The van der Waals surface area contributed by atoms with Gasteiger partial charge in [0.05, 0.1) is 11.8 Å². The minimum atomic E-state index is -0.132. The molecule has 66 valence electrons. The monoisotopic (exact) mass is 176 g/mol. The number of aromatic nitrogens is 2. The van der Waals surface area contributed by atoms with Crippen LogP contribution in [0.15, 0.2) is 33.7 Å². The van der Waals surface area contributed by atoms with Crippen LogP contribution in [0.3, 0.4) is 0 Å². The summed E-state index contributed by atoms with van der Waals surface area (Å²) in [4.78, 5) is 17.3. The molecule has 0 atom stereocenters. The molecule has 0 radical (unpaired) electrons. The lowest BCUT2D eigenvalue weighted by molar-refractivity contribution is 0.542. The van der Waals surface area contributed by atoms with Gasteiger partial charge in [-0.25, -0.2) is 4.98 Å². The zero-order chi connectivity index (χ0) is 9.26. The van der Waals surface area contributed by atoms with Gasteiger partial charge in [-0.05, 0) is 13.0 Å². The molecular weight excluding hydrogens is 168 g/mol. The average molecular weight is 176 g/mol. The van der Waals surface area contributed by atoms with Crippen molar-refractivity contribution in [2.24, 2.45) is 0 Å². The fourth-order valence-corrected chi connectivity index (χ4v) is 1.03. The summed E-state index contributed by atoms with van der Waals surface area (Å²) >= 11 is 0. The summed E-state index contributed by atoms with van der Waals surface area (Å²) in [5, 5.41) is 0. The summed E-state index contributed by atoms with van der Waals surface area (Å²) in [6.07, 6.45) is 3.22. The van der Waals surface area contributed by atoms with E-state index in [2.05, 4.69) is 9.97 Å². The lowest BCUT2D eigenvalue weighted by Gasteiger charge is -1.92. The highest BCUT2D eigenvalue weighted by Gasteiger charge is 2.02. The first-order valence-electron chi connectivity index (χ1n) is 3.87. The van der Waals surface area contributed by atoms with Crippen LogP contribution in [-0.4, -0.2) is 9.97 Å². The Balaban J connectivity index is 2.47. The Morgan fingerprint density at radius 1 is 1.46 bits per heavy atom. The second-order valence-electron chi connectivity index (χ2n) is 2.72. The third-order valence-electron chi connectivity index (χ3n) is 1.65. The van der Waals surface area contributed by atoms with Gasteiger partial charge in [-0.1, -0.05) is 0 Å². The Labute approximate surface area is 74.2 Å². The van der Waals surface area contributed by atoms with Crippen LogP contribution in [0.4, 0.5) is 0 Å². The highest BCUT2D eigenvalue weighted by Crippen LogP contribution is 2.15. The second kappa shape index (κ2) is 2.90. The number of pyridine rings is 1. The van der Waals surface area contributed by atoms with E-state index < -0.39 is 0 Å². The van der Waals surface area contributed by atoms with Crippen molar-refractivity contribution in [3.8, 4) is 11.5 Å². The van der Waals surface area contributed by atoms with Gasteiger partial charge in [0.1, 0.15) is 5.76 Å². The van der Waals surface area contributed by atoms with Gasteiger partial charge in [0.25, 0.3) is 0 Å². The Morgan fingerprint density at radius 3 is 2.85 bits per heavy atom. The maximum atomic E-state index is 10.8. The van der Waals surface area contributed by atoms with Crippen LogP contribution in [0.1, 0.15) is 5.76 Å². The molecule has 1 N–H and O–H groups in total. The van der Waals surface area contributed by atoms with Crippen molar-refractivity contribution < 1.29 is 4.42 Å². The van der Waals surface area contributed by atoms with E-state index in [1.54, 1.807) is 18.5 Å². The van der Waals surface area contributed by atoms with Crippen molar-refractivity contribution >= 4 is 0 Å². The maximum absolute atomic E-state index is 10.8. The summed E-state index contributed by atoms with van der Waals surface area (Å²) < 4.78 is 5.28. The first-order valence-corrected chi connectivity index (χ1v) is 3.87. The van der Waals surface area contributed by atoms with Gasteiger partial charge in [-0.3, -0.25) is 4.79 Å². The van der Waals surface area contributed by atoms with Gasteiger partial charge in [0.15, 0.2) is 0 Å². The quantitative estimate of drug-likeness (QED) is 0.713. The molecule has 2 aromatic heterocycles. The summed E-state index contributed by atoms with van der Waals surface area (Å²) in [7, 11) is 0. The molecule has 0 spiro atoms. The van der Waals surface area contributed by atoms with Gasteiger partial charge >= 0.3 is 0 Å². The third-order valence-corrected chi connectivity index (χ3v) is 1.65. The summed E-state index contributed by atoms with van der Waals surface area (Å²) in [6, 6.07) is 3.11. The molecule has 2 aromatic rings. The van der Waals surface area contributed by atoms with E-state index in [0.717, 1.165) is 11.3 Å². The number of aryl methyl sites for hydroxylation is 1. The SMILES string of the molecule is Cc1cnc(-c2ccc(=O)[nH]c2)o1. The molecule has 13 heavy (non-hydrogen) atoms. The van der Waals surface area contributed by atoms with Crippen LogP contribution in [-0.2, 0) is 0 Å². The van der Waals surface area contributed by atoms with E-state index in [1.165, 1.54) is 6.07 Å². The van der Waals surface area contributed by atoms with Gasteiger partial charge in [0.2, 0.25) is 11.4 Å². The molecule has 0 aliphatic heterocycles. The van der Waals surface area contributed by atoms with Crippen LogP contribution in [0.25, 0.3) is 11.5 Å². The molecule has 4 heteroatoms. The molecule has 0 aliphatic rings. The fraction of sp³-hybridized carbons (Fsp3) is 0.111. The zero-order valence-electron chi connectivity index (χ0n) is 7.07. The molecule has 0 aromatic carbocycles. The zero-order valence-corrected chi connectivity index (χ0v) is 7.07. The highest BCUT2D eigenvalue weighted by molar-refractivity contribution is 5.50. The molecule has 2 rings (SSSR count). The lowest BCUT2D eigenvalue weighted by atomic mass is 10.3. The van der Waals surface area contributed by atoms with Crippen LogP contribution < -0.4 is 5.56 Å². The van der Waals surface area contributed by atoms with Gasteiger partial charge in [-0.15, -0.1) is 0 Å². The molecule has 4 nitrogen and oxygen atoms in total. The largest absolute Gasteiger partial charge is 0.441 e. The van der Waals surface area contributed by atoms with Gasteiger partial charge in [-0.2, -0.15) is 0 Å². The van der Waals surface area contributed by atoms with Crippen molar-refractivity contribution in [3.63, 3.8) is 0 Å². The van der Waals surface area contributed by atoms with Crippen LogP contribution >= 0.6 is 0 Å². The molecular formula is C9H8N2O2. The van der Waals surface area contributed by atoms with E-state index >= 15 is 0 Å². The molecule has 0 unspecified atom stereocenters. The summed E-state index contributed by atoms with van der Waals surface area (Å²) in [5.41, 5.74) is 0.639. The molecule has 0 fully saturated rings.